The zero-order valence-electron chi connectivity index (χ0n) is 8.82. The predicted molar refractivity (Wildman–Crippen MR) is 77.9 cm³/mol. The molecule has 0 amide bonds. The Morgan fingerprint density at radius 3 is 2.39 bits per heavy atom. The molecule has 0 saturated heterocycles. The van der Waals surface area contributed by atoms with Crippen molar-refractivity contribution in [1.29, 1.82) is 0 Å². The number of hydrogen-bond acceptors (Lipinski definition) is 3. The van der Waals surface area contributed by atoms with Crippen LogP contribution >= 0.6 is 46.1 Å². The number of thiophene rings is 1. The number of fused-ring (bicyclic) bond motifs is 1. The minimum absolute atomic E-state index is 0.444. The third-order valence-electron chi connectivity index (χ3n) is 2.48. The van der Waals surface area contributed by atoms with Gasteiger partial charge in [-0.25, -0.2) is 9.97 Å². The maximum Gasteiger partial charge on any atom is 0.150 e. The molecule has 0 N–H and O–H groups in total. The molecule has 2 heterocycles. The van der Waals surface area contributed by atoms with Crippen molar-refractivity contribution in [3.05, 3.63) is 45.8 Å². The smallest absolute Gasteiger partial charge is 0.150 e. The third-order valence-corrected chi connectivity index (χ3v) is 4.65. The van der Waals surface area contributed by atoms with Crippen LogP contribution in [0.5, 0.6) is 0 Å². The summed E-state index contributed by atoms with van der Waals surface area (Å²) in [6.45, 7) is 0. The van der Waals surface area contributed by atoms with E-state index in [-0.39, 0.29) is 0 Å². The van der Waals surface area contributed by atoms with Crippen LogP contribution in [0.3, 0.4) is 0 Å². The van der Waals surface area contributed by atoms with Crippen molar-refractivity contribution in [2.45, 2.75) is 0 Å². The Kier molecular flexibility index (Phi) is 3.16. The van der Waals surface area contributed by atoms with E-state index >= 15 is 0 Å². The van der Waals surface area contributed by atoms with Crippen molar-refractivity contribution in [3.8, 4) is 10.4 Å². The molecule has 0 saturated carbocycles. The van der Waals surface area contributed by atoms with Gasteiger partial charge in [-0.2, -0.15) is 0 Å². The zero-order valence-corrected chi connectivity index (χ0v) is 11.9. The fourth-order valence-electron chi connectivity index (χ4n) is 1.68. The van der Waals surface area contributed by atoms with Gasteiger partial charge in [-0.3, -0.25) is 0 Å². The van der Waals surface area contributed by atoms with Gasteiger partial charge in [-0.15, -0.1) is 11.3 Å². The first kappa shape index (κ1) is 12.2. The van der Waals surface area contributed by atoms with Crippen LogP contribution in [0.4, 0.5) is 0 Å². The first-order chi connectivity index (χ1) is 8.66. The normalized spacial score (nSPS) is 11.1. The van der Waals surface area contributed by atoms with Gasteiger partial charge < -0.3 is 0 Å². The molecule has 3 aromatic rings. The standard InChI is InChI=1S/C12H5Cl3N2S/c13-6-2-1-3-7(14)10(6)9-4-8-11(18-9)12(15)17-5-16-8/h1-5H. The summed E-state index contributed by atoms with van der Waals surface area (Å²) in [5.41, 5.74) is 1.60. The van der Waals surface area contributed by atoms with E-state index in [0.717, 1.165) is 20.7 Å². The molecule has 0 aliphatic rings. The van der Waals surface area contributed by atoms with E-state index in [9.17, 15) is 0 Å². The maximum atomic E-state index is 6.18. The Morgan fingerprint density at radius 1 is 1.00 bits per heavy atom. The quantitative estimate of drug-likeness (QED) is 0.568. The second kappa shape index (κ2) is 4.67. The average molecular weight is 316 g/mol. The van der Waals surface area contributed by atoms with E-state index in [2.05, 4.69) is 9.97 Å². The Morgan fingerprint density at radius 2 is 1.72 bits per heavy atom. The molecular formula is C12H5Cl3N2S. The number of benzene rings is 1. The molecule has 90 valence electrons. The summed E-state index contributed by atoms with van der Waals surface area (Å²) in [5, 5.41) is 1.66. The summed E-state index contributed by atoms with van der Waals surface area (Å²) in [7, 11) is 0. The Labute approximate surface area is 122 Å². The van der Waals surface area contributed by atoms with E-state index in [4.69, 9.17) is 34.8 Å². The summed E-state index contributed by atoms with van der Waals surface area (Å²) >= 11 is 19.9. The maximum absolute atomic E-state index is 6.18. The fraction of sp³-hybridized carbons (Fsp3) is 0. The summed E-state index contributed by atoms with van der Waals surface area (Å²) < 4.78 is 0.838. The van der Waals surface area contributed by atoms with E-state index in [1.54, 1.807) is 12.1 Å². The largest absolute Gasteiger partial charge is 0.235 e. The van der Waals surface area contributed by atoms with Crippen LogP contribution < -0.4 is 0 Å². The van der Waals surface area contributed by atoms with Crippen LogP contribution in [-0.2, 0) is 0 Å². The minimum Gasteiger partial charge on any atom is -0.235 e. The van der Waals surface area contributed by atoms with Crippen LogP contribution in [-0.4, -0.2) is 9.97 Å². The fourth-order valence-corrected chi connectivity index (χ4v) is 3.72. The van der Waals surface area contributed by atoms with E-state index in [1.165, 1.54) is 17.7 Å². The van der Waals surface area contributed by atoms with E-state index in [0.29, 0.717) is 15.2 Å². The molecule has 1 aromatic carbocycles. The van der Waals surface area contributed by atoms with Crippen LogP contribution in [0.2, 0.25) is 15.2 Å². The molecule has 0 spiro atoms. The van der Waals surface area contributed by atoms with Crippen LogP contribution in [0, 0.1) is 0 Å². The monoisotopic (exact) mass is 314 g/mol. The average Bonchev–Trinajstić information content (AvgIpc) is 2.74. The van der Waals surface area contributed by atoms with Gasteiger partial charge >= 0.3 is 0 Å². The summed E-state index contributed by atoms with van der Waals surface area (Å²) in [6.07, 6.45) is 1.44. The number of rotatable bonds is 1. The van der Waals surface area contributed by atoms with Gasteiger partial charge in [0.2, 0.25) is 0 Å². The van der Waals surface area contributed by atoms with Gasteiger partial charge in [0.25, 0.3) is 0 Å². The molecular weight excluding hydrogens is 311 g/mol. The van der Waals surface area contributed by atoms with E-state index < -0.39 is 0 Å². The summed E-state index contributed by atoms with van der Waals surface area (Å²) in [4.78, 5) is 9.07. The molecule has 0 unspecified atom stereocenters. The molecule has 6 heteroatoms. The number of hydrogen-bond donors (Lipinski definition) is 0. The molecule has 18 heavy (non-hydrogen) atoms. The highest BCUT2D eigenvalue weighted by Crippen LogP contribution is 2.41. The molecule has 0 fully saturated rings. The first-order valence-corrected chi connectivity index (χ1v) is 6.96. The van der Waals surface area contributed by atoms with Crippen molar-refractivity contribution in [1.82, 2.24) is 9.97 Å². The Hall–Kier alpha value is -0.870. The second-order valence-corrected chi connectivity index (χ2v) is 5.81. The number of aromatic nitrogens is 2. The van der Waals surface area contributed by atoms with Crippen molar-refractivity contribution in [2.24, 2.45) is 0 Å². The lowest BCUT2D eigenvalue weighted by Gasteiger charge is -2.02. The molecule has 2 nitrogen and oxygen atoms in total. The van der Waals surface area contributed by atoms with Gasteiger partial charge in [0.1, 0.15) is 11.5 Å². The van der Waals surface area contributed by atoms with Crippen LogP contribution in [0.15, 0.2) is 30.6 Å². The minimum atomic E-state index is 0.444. The van der Waals surface area contributed by atoms with Crippen LogP contribution in [0.25, 0.3) is 20.7 Å². The molecule has 0 bridgehead atoms. The second-order valence-electron chi connectivity index (χ2n) is 3.59. The summed E-state index contributed by atoms with van der Waals surface area (Å²) in [6, 6.07) is 7.34. The number of halogens is 3. The van der Waals surface area contributed by atoms with Crippen molar-refractivity contribution in [2.75, 3.05) is 0 Å². The topological polar surface area (TPSA) is 25.8 Å². The van der Waals surface area contributed by atoms with Crippen molar-refractivity contribution in [3.63, 3.8) is 0 Å². The SMILES string of the molecule is Clc1cccc(Cl)c1-c1cc2ncnc(Cl)c2s1. The van der Waals surface area contributed by atoms with Gasteiger partial charge in [0.15, 0.2) is 0 Å². The van der Waals surface area contributed by atoms with Crippen molar-refractivity contribution >= 4 is 56.4 Å². The zero-order chi connectivity index (χ0) is 12.7. The highest BCUT2D eigenvalue weighted by molar-refractivity contribution is 7.22. The Bertz CT molecular complexity index is 719. The highest BCUT2D eigenvalue weighted by atomic mass is 35.5. The van der Waals surface area contributed by atoms with Gasteiger partial charge in [-0.1, -0.05) is 40.9 Å². The summed E-state index contributed by atoms with van der Waals surface area (Å²) in [5.74, 6) is 0. The van der Waals surface area contributed by atoms with Gasteiger partial charge in [0, 0.05) is 10.4 Å². The number of nitrogens with zero attached hydrogens (tertiary/aromatic N) is 2. The predicted octanol–water partition coefficient (Wildman–Crippen LogP) is 5.32. The third kappa shape index (κ3) is 1.97. The molecule has 0 aliphatic heterocycles. The molecule has 0 radical (unpaired) electrons. The van der Waals surface area contributed by atoms with Gasteiger partial charge in [-0.05, 0) is 18.2 Å². The first-order valence-electron chi connectivity index (χ1n) is 5.01. The highest BCUT2D eigenvalue weighted by Gasteiger charge is 2.13. The molecule has 0 atom stereocenters. The van der Waals surface area contributed by atoms with Gasteiger partial charge in [0.05, 0.1) is 20.3 Å². The lowest BCUT2D eigenvalue weighted by atomic mass is 10.2. The van der Waals surface area contributed by atoms with Crippen molar-refractivity contribution < 1.29 is 0 Å². The Balaban J connectivity index is 2.30. The van der Waals surface area contributed by atoms with E-state index in [1.807, 2.05) is 12.1 Å². The lowest BCUT2D eigenvalue weighted by Crippen LogP contribution is -1.77. The lowest BCUT2D eigenvalue weighted by molar-refractivity contribution is 1.23. The molecule has 2 aromatic heterocycles. The molecule has 0 aliphatic carbocycles. The van der Waals surface area contributed by atoms with Crippen LogP contribution in [0.1, 0.15) is 0 Å². The molecule has 3 rings (SSSR count).